The number of nitrogens with two attached hydrogens (primary N) is 2. The maximum absolute atomic E-state index is 13.5. The summed E-state index contributed by atoms with van der Waals surface area (Å²) < 4.78 is 8.29. The van der Waals surface area contributed by atoms with Gasteiger partial charge in [-0.15, -0.1) is 0 Å². The zero-order valence-corrected chi connectivity index (χ0v) is 32.3. The van der Waals surface area contributed by atoms with Crippen molar-refractivity contribution in [3.63, 3.8) is 0 Å². The second kappa shape index (κ2) is 15.8. The van der Waals surface area contributed by atoms with E-state index < -0.39 is 0 Å². The number of carbonyl (C=O) groups excluding carboxylic acids is 3. The first-order valence-electron chi connectivity index (χ1n) is 20.1. The standard InChI is InChI=1S/C25H29N5O3.C17H23N5O/c1-2-17-13-19-18(9-6-10-21(19)27-17)24(31)30-23(26)20-14-29(12-11-22(20)28-30)25(32)33-15-16-7-4-3-5-8-16;1-2-10-8-12-11(4-3-5-14(12)20-10)17(23)22-16(18)13-9-19-7-6-15(13)21-22/h3-5,7-8,13,18,27H,2,6,9-12,14-15,26H2,1H3;8,11,19-20H,2-7,9,18H2,1H3. The third-order valence-corrected chi connectivity index (χ3v) is 11.8. The van der Waals surface area contributed by atoms with E-state index in [4.69, 9.17) is 16.2 Å². The lowest BCUT2D eigenvalue weighted by Crippen LogP contribution is -2.36. The highest BCUT2D eigenvalue weighted by Crippen LogP contribution is 2.36. The van der Waals surface area contributed by atoms with Gasteiger partial charge in [0.15, 0.2) is 0 Å². The van der Waals surface area contributed by atoms with E-state index >= 15 is 0 Å². The number of aromatic nitrogens is 6. The average Bonchev–Trinajstić information content (AvgIpc) is 4.02. The maximum atomic E-state index is 13.5. The fraction of sp³-hybridized carbons (Fsp3) is 0.452. The molecule has 0 radical (unpaired) electrons. The summed E-state index contributed by atoms with van der Waals surface area (Å²) in [6.45, 7) is 6.82. The molecule has 1 aromatic carbocycles. The average molecular weight is 761 g/mol. The molecule has 294 valence electrons. The zero-order chi connectivity index (χ0) is 38.9. The van der Waals surface area contributed by atoms with Crippen molar-refractivity contribution in [3.8, 4) is 0 Å². The molecule has 0 bridgehead atoms. The van der Waals surface area contributed by atoms with Crippen LogP contribution >= 0.6 is 0 Å². The molecule has 9 rings (SSSR count). The lowest BCUT2D eigenvalue weighted by Gasteiger charge is -2.25. The first-order valence-corrected chi connectivity index (χ1v) is 20.1. The molecule has 14 heteroatoms. The van der Waals surface area contributed by atoms with E-state index in [1.165, 1.54) is 20.8 Å². The minimum Gasteiger partial charge on any atom is -0.445 e. The van der Waals surface area contributed by atoms with Crippen molar-refractivity contribution in [1.82, 2.24) is 39.7 Å². The van der Waals surface area contributed by atoms with Crippen molar-refractivity contribution in [2.45, 2.75) is 110 Å². The van der Waals surface area contributed by atoms with E-state index in [1.807, 2.05) is 30.3 Å². The summed E-state index contributed by atoms with van der Waals surface area (Å²) >= 11 is 0. The van der Waals surface area contributed by atoms with Crippen LogP contribution in [0, 0.1) is 0 Å². The van der Waals surface area contributed by atoms with Gasteiger partial charge >= 0.3 is 6.09 Å². The van der Waals surface area contributed by atoms with Crippen LogP contribution < -0.4 is 16.8 Å². The van der Waals surface area contributed by atoms with Crippen molar-refractivity contribution < 1.29 is 19.1 Å². The van der Waals surface area contributed by atoms with Gasteiger partial charge in [-0.1, -0.05) is 44.2 Å². The number of amides is 1. The first-order chi connectivity index (χ1) is 27.2. The summed E-state index contributed by atoms with van der Waals surface area (Å²) in [4.78, 5) is 47.7. The van der Waals surface area contributed by atoms with Gasteiger partial charge in [0.05, 0.1) is 29.8 Å². The number of fused-ring (bicyclic) bond motifs is 4. The molecule has 2 aliphatic carbocycles. The quantitative estimate of drug-likeness (QED) is 0.147. The van der Waals surface area contributed by atoms with E-state index in [0.717, 1.165) is 115 Å². The summed E-state index contributed by atoms with van der Waals surface area (Å²) in [5.74, 6) is 0.375. The van der Waals surface area contributed by atoms with E-state index in [-0.39, 0.29) is 36.4 Å². The van der Waals surface area contributed by atoms with Crippen LogP contribution in [0.5, 0.6) is 0 Å². The Kier molecular flexibility index (Phi) is 10.6. The molecule has 56 heavy (non-hydrogen) atoms. The lowest BCUT2D eigenvalue weighted by atomic mass is 9.86. The van der Waals surface area contributed by atoms with Gasteiger partial charge in [-0.25, -0.2) is 4.79 Å². The number of aromatic amines is 2. The zero-order valence-electron chi connectivity index (χ0n) is 32.3. The molecule has 5 aromatic rings. The number of nitrogen functional groups attached to an aromatic ring is 2. The molecule has 1 amide bonds. The number of hydrogen-bond acceptors (Lipinski definition) is 9. The van der Waals surface area contributed by atoms with Gasteiger partial charge < -0.3 is 36.4 Å². The third-order valence-electron chi connectivity index (χ3n) is 11.8. The van der Waals surface area contributed by atoms with Crippen LogP contribution in [0.1, 0.15) is 123 Å². The molecule has 0 saturated carbocycles. The topological polar surface area (TPSA) is 195 Å². The third kappa shape index (κ3) is 7.13. The van der Waals surface area contributed by atoms with Gasteiger partial charge in [0.1, 0.15) is 18.2 Å². The van der Waals surface area contributed by atoms with Crippen molar-refractivity contribution in [2.75, 3.05) is 24.6 Å². The van der Waals surface area contributed by atoms with Crippen molar-refractivity contribution in [2.24, 2.45) is 0 Å². The summed E-state index contributed by atoms with van der Waals surface area (Å²) in [7, 11) is 0. The van der Waals surface area contributed by atoms with Gasteiger partial charge in [-0.2, -0.15) is 19.6 Å². The predicted octanol–water partition coefficient (Wildman–Crippen LogP) is 5.57. The SMILES string of the molecule is CCc1cc2c([nH]1)CCCC2C(=O)n1nc2c(c1N)CN(C(=O)OCc1ccccc1)CC2.CCc1cc2c([nH]1)CCCC2C(=O)n1nc2c(c1N)CNCC2. The Balaban J connectivity index is 0.000000168. The number of ether oxygens (including phenoxy) is 1. The molecule has 2 atom stereocenters. The molecule has 0 spiro atoms. The number of carbonyl (C=O) groups is 3. The van der Waals surface area contributed by atoms with Crippen molar-refractivity contribution in [3.05, 3.63) is 104 Å². The number of H-pyrrole nitrogens is 2. The molecule has 4 aliphatic rings. The second-order valence-corrected chi connectivity index (χ2v) is 15.3. The highest BCUT2D eigenvalue weighted by atomic mass is 16.6. The Hall–Kier alpha value is -5.63. The Morgan fingerprint density at radius 2 is 1.36 bits per heavy atom. The number of nitrogens with one attached hydrogen (secondary N) is 3. The first kappa shape index (κ1) is 37.3. The number of hydrogen-bond donors (Lipinski definition) is 5. The summed E-state index contributed by atoms with van der Waals surface area (Å²) in [5, 5.41) is 12.4. The molecular formula is C42H52N10O4. The van der Waals surface area contributed by atoms with Crippen LogP contribution in [0.4, 0.5) is 16.4 Å². The Bertz CT molecular complexity index is 2250. The fourth-order valence-electron chi connectivity index (χ4n) is 8.68. The molecule has 4 aromatic heterocycles. The molecule has 0 fully saturated rings. The van der Waals surface area contributed by atoms with Gasteiger partial charge in [-0.3, -0.25) is 9.59 Å². The second-order valence-electron chi connectivity index (χ2n) is 15.3. The fourth-order valence-corrected chi connectivity index (χ4v) is 8.68. The van der Waals surface area contributed by atoms with E-state index in [0.29, 0.717) is 37.7 Å². The van der Waals surface area contributed by atoms with Gasteiger partial charge in [0.25, 0.3) is 11.8 Å². The van der Waals surface area contributed by atoms with Crippen LogP contribution in [-0.4, -0.2) is 65.4 Å². The highest BCUT2D eigenvalue weighted by Gasteiger charge is 2.35. The molecule has 2 unspecified atom stereocenters. The number of nitrogens with zero attached hydrogens (tertiary/aromatic N) is 5. The summed E-state index contributed by atoms with van der Waals surface area (Å²) in [5.41, 5.74) is 24.0. The number of rotatable bonds is 6. The molecule has 14 nitrogen and oxygen atoms in total. The number of aryl methyl sites for hydroxylation is 4. The predicted molar refractivity (Wildman–Crippen MR) is 212 cm³/mol. The highest BCUT2D eigenvalue weighted by molar-refractivity contribution is 5.89. The Labute approximate surface area is 326 Å². The monoisotopic (exact) mass is 760 g/mol. The summed E-state index contributed by atoms with van der Waals surface area (Å²) in [6.07, 6.45) is 8.46. The van der Waals surface area contributed by atoms with Crippen LogP contribution in [0.2, 0.25) is 0 Å². The Morgan fingerprint density at radius 3 is 1.93 bits per heavy atom. The minimum absolute atomic E-state index is 0.0134. The molecule has 0 saturated heterocycles. The number of anilines is 2. The number of benzene rings is 1. The molecule has 2 aliphatic heterocycles. The van der Waals surface area contributed by atoms with Gasteiger partial charge in [-0.05, 0) is 80.2 Å². The maximum Gasteiger partial charge on any atom is 0.410 e. The minimum atomic E-state index is -0.390. The van der Waals surface area contributed by atoms with E-state index in [2.05, 4.69) is 51.5 Å². The van der Waals surface area contributed by atoms with Gasteiger partial charge in [0.2, 0.25) is 0 Å². The van der Waals surface area contributed by atoms with E-state index in [1.54, 1.807) is 4.90 Å². The van der Waals surface area contributed by atoms with Crippen LogP contribution in [0.15, 0.2) is 42.5 Å². The van der Waals surface area contributed by atoms with Crippen molar-refractivity contribution in [1.29, 1.82) is 0 Å². The normalized spacial score (nSPS) is 18.5. The van der Waals surface area contributed by atoms with Crippen LogP contribution in [0.3, 0.4) is 0 Å². The lowest BCUT2D eigenvalue weighted by molar-refractivity contribution is 0.0846. The largest absolute Gasteiger partial charge is 0.445 e. The Morgan fingerprint density at radius 1 is 0.786 bits per heavy atom. The molecular weight excluding hydrogens is 709 g/mol. The molecule has 7 N–H and O–H groups in total. The van der Waals surface area contributed by atoms with E-state index in [9.17, 15) is 14.4 Å². The van der Waals surface area contributed by atoms with Gasteiger partial charge in [0, 0.05) is 66.4 Å². The summed E-state index contributed by atoms with van der Waals surface area (Å²) in [6, 6.07) is 13.8. The van der Waals surface area contributed by atoms with Crippen LogP contribution in [-0.2, 0) is 63.0 Å². The smallest absolute Gasteiger partial charge is 0.410 e. The van der Waals surface area contributed by atoms with Crippen molar-refractivity contribution >= 4 is 29.5 Å². The molecule has 6 heterocycles. The van der Waals surface area contributed by atoms with Crippen LogP contribution in [0.25, 0.3) is 0 Å².